The number of hydrogen-bond acceptors (Lipinski definition) is 2. The van der Waals surface area contributed by atoms with Crippen molar-refractivity contribution >= 4 is 5.78 Å². The van der Waals surface area contributed by atoms with Crippen molar-refractivity contribution in [2.45, 2.75) is 13.3 Å². The van der Waals surface area contributed by atoms with Crippen molar-refractivity contribution in [3.05, 3.63) is 42.2 Å². The molecular weight excluding hydrogens is 188 g/mol. The molecule has 0 fully saturated rings. The van der Waals surface area contributed by atoms with Crippen molar-refractivity contribution in [1.82, 2.24) is 9.97 Å². The number of Topliss-reactive ketones (excluding diaryl/α,β-unsaturated/α-hetero) is 1. The number of nitrogens with zero attached hydrogens (tertiary/aromatic N) is 1. The SMILES string of the molecule is CCC(=O)c1cnc(-c2ccccc2)[nH]1. The van der Waals surface area contributed by atoms with E-state index in [2.05, 4.69) is 9.97 Å². The van der Waals surface area contributed by atoms with Crippen molar-refractivity contribution in [3.8, 4) is 11.4 Å². The lowest BCUT2D eigenvalue weighted by atomic mass is 10.2. The Kier molecular flexibility index (Phi) is 2.63. The summed E-state index contributed by atoms with van der Waals surface area (Å²) in [6.07, 6.45) is 2.09. The number of imidazole rings is 1. The maximum absolute atomic E-state index is 11.4. The van der Waals surface area contributed by atoms with Crippen molar-refractivity contribution in [2.75, 3.05) is 0 Å². The fraction of sp³-hybridized carbons (Fsp3) is 0.167. The van der Waals surface area contributed by atoms with E-state index in [9.17, 15) is 4.79 Å². The first-order valence-corrected chi connectivity index (χ1v) is 4.95. The van der Waals surface area contributed by atoms with Crippen LogP contribution in [0.4, 0.5) is 0 Å². The minimum atomic E-state index is 0.0877. The molecule has 0 amide bonds. The summed E-state index contributed by atoms with van der Waals surface area (Å²) in [5.41, 5.74) is 1.57. The first-order valence-electron chi connectivity index (χ1n) is 4.95. The fourth-order valence-corrected chi connectivity index (χ4v) is 1.40. The zero-order valence-electron chi connectivity index (χ0n) is 8.53. The van der Waals surface area contributed by atoms with Gasteiger partial charge in [-0.05, 0) is 0 Å². The lowest BCUT2D eigenvalue weighted by Crippen LogP contribution is -1.96. The van der Waals surface area contributed by atoms with E-state index in [4.69, 9.17) is 0 Å². The standard InChI is InChI=1S/C12H12N2O/c1-2-11(15)10-8-13-12(14-10)9-6-4-3-5-7-9/h3-8H,2H2,1H3,(H,13,14). The van der Waals surface area contributed by atoms with Gasteiger partial charge in [0.1, 0.15) is 11.5 Å². The summed E-state index contributed by atoms with van der Waals surface area (Å²) in [7, 11) is 0. The number of H-pyrrole nitrogens is 1. The topological polar surface area (TPSA) is 45.8 Å². The minimum absolute atomic E-state index is 0.0877. The zero-order valence-corrected chi connectivity index (χ0v) is 8.53. The van der Waals surface area contributed by atoms with Crippen LogP contribution in [0.1, 0.15) is 23.8 Å². The van der Waals surface area contributed by atoms with Gasteiger partial charge in [0.05, 0.1) is 6.20 Å². The Morgan fingerprint density at radius 3 is 2.73 bits per heavy atom. The molecule has 76 valence electrons. The van der Waals surface area contributed by atoms with Crippen molar-refractivity contribution in [1.29, 1.82) is 0 Å². The minimum Gasteiger partial charge on any atom is -0.336 e. The molecule has 2 aromatic rings. The molecular formula is C12H12N2O. The summed E-state index contributed by atoms with van der Waals surface area (Å²) in [6.45, 7) is 1.84. The van der Waals surface area contributed by atoms with E-state index in [0.29, 0.717) is 12.1 Å². The first-order chi connectivity index (χ1) is 7.31. The molecule has 0 aliphatic rings. The molecule has 0 bridgehead atoms. The van der Waals surface area contributed by atoms with Crippen LogP contribution in [0, 0.1) is 0 Å². The molecule has 0 unspecified atom stereocenters. The maximum atomic E-state index is 11.4. The smallest absolute Gasteiger partial charge is 0.180 e. The number of nitrogens with one attached hydrogen (secondary N) is 1. The largest absolute Gasteiger partial charge is 0.336 e. The highest BCUT2D eigenvalue weighted by atomic mass is 16.1. The molecule has 1 heterocycles. The summed E-state index contributed by atoms with van der Waals surface area (Å²) in [5.74, 6) is 0.831. The van der Waals surface area contributed by atoms with Gasteiger partial charge in [0.15, 0.2) is 5.78 Å². The third-order valence-corrected chi connectivity index (χ3v) is 2.24. The Hall–Kier alpha value is -1.90. The monoisotopic (exact) mass is 200 g/mol. The molecule has 0 radical (unpaired) electrons. The van der Waals surface area contributed by atoms with Gasteiger partial charge in [0.25, 0.3) is 0 Å². The number of aromatic amines is 1. The van der Waals surface area contributed by atoms with Crippen molar-refractivity contribution < 1.29 is 4.79 Å². The maximum Gasteiger partial charge on any atom is 0.180 e. The molecule has 0 aliphatic heterocycles. The van der Waals surface area contributed by atoms with E-state index in [1.54, 1.807) is 6.20 Å². The molecule has 0 atom stereocenters. The molecule has 1 aromatic heterocycles. The predicted molar refractivity (Wildman–Crippen MR) is 58.6 cm³/mol. The van der Waals surface area contributed by atoms with E-state index < -0.39 is 0 Å². The second-order valence-corrected chi connectivity index (χ2v) is 3.29. The van der Waals surface area contributed by atoms with E-state index in [1.807, 2.05) is 37.3 Å². The second-order valence-electron chi connectivity index (χ2n) is 3.29. The predicted octanol–water partition coefficient (Wildman–Crippen LogP) is 2.67. The quantitative estimate of drug-likeness (QED) is 0.774. The van der Waals surface area contributed by atoms with Crippen LogP contribution in [-0.4, -0.2) is 15.8 Å². The molecule has 0 spiro atoms. The molecule has 2 rings (SSSR count). The lowest BCUT2D eigenvalue weighted by molar-refractivity contribution is 0.0984. The molecule has 0 saturated heterocycles. The van der Waals surface area contributed by atoms with Gasteiger partial charge in [-0.3, -0.25) is 4.79 Å². The highest BCUT2D eigenvalue weighted by Crippen LogP contribution is 2.15. The average Bonchev–Trinajstić information content (AvgIpc) is 2.78. The molecule has 3 nitrogen and oxygen atoms in total. The van der Waals surface area contributed by atoms with Crippen LogP contribution in [0.3, 0.4) is 0 Å². The Bertz CT molecular complexity index is 459. The van der Waals surface area contributed by atoms with Crippen LogP contribution in [0.25, 0.3) is 11.4 Å². The molecule has 3 heteroatoms. The summed E-state index contributed by atoms with van der Waals surface area (Å²) in [5, 5.41) is 0. The molecule has 15 heavy (non-hydrogen) atoms. The normalized spacial score (nSPS) is 10.2. The second kappa shape index (κ2) is 4.09. The molecule has 1 N–H and O–H groups in total. The van der Waals surface area contributed by atoms with Gasteiger partial charge in [0.2, 0.25) is 0 Å². The number of ketones is 1. The van der Waals surface area contributed by atoms with Crippen LogP contribution in [0.5, 0.6) is 0 Å². The highest BCUT2D eigenvalue weighted by molar-refractivity contribution is 5.94. The Balaban J connectivity index is 2.32. The van der Waals surface area contributed by atoms with E-state index in [-0.39, 0.29) is 5.78 Å². The van der Waals surface area contributed by atoms with Gasteiger partial charge in [-0.2, -0.15) is 0 Å². The van der Waals surface area contributed by atoms with Gasteiger partial charge in [-0.25, -0.2) is 4.98 Å². The van der Waals surface area contributed by atoms with Crippen molar-refractivity contribution in [2.24, 2.45) is 0 Å². The van der Waals surface area contributed by atoms with Crippen molar-refractivity contribution in [3.63, 3.8) is 0 Å². The van der Waals surface area contributed by atoms with Gasteiger partial charge < -0.3 is 4.98 Å². The average molecular weight is 200 g/mol. The first kappa shape index (κ1) is 9.65. The number of carbonyl (C=O) groups excluding carboxylic acids is 1. The third kappa shape index (κ3) is 1.96. The van der Waals surface area contributed by atoms with E-state index >= 15 is 0 Å². The number of benzene rings is 1. The van der Waals surface area contributed by atoms with Gasteiger partial charge in [-0.15, -0.1) is 0 Å². The van der Waals surface area contributed by atoms with Gasteiger partial charge >= 0.3 is 0 Å². The van der Waals surface area contributed by atoms with Crippen LogP contribution < -0.4 is 0 Å². The fourth-order valence-electron chi connectivity index (χ4n) is 1.40. The third-order valence-electron chi connectivity index (χ3n) is 2.24. The van der Waals surface area contributed by atoms with Gasteiger partial charge in [0, 0.05) is 12.0 Å². The highest BCUT2D eigenvalue weighted by Gasteiger charge is 2.07. The van der Waals surface area contributed by atoms with Gasteiger partial charge in [-0.1, -0.05) is 37.3 Å². The van der Waals surface area contributed by atoms with E-state index in [0.717, 1.165) is 11.4 Å². The molecule has 1 aromatic carbocycles. The van der Waals surface area contributed by atoms with Crippen LogP contribution in [0.2, 0.25) is 0 Å². The Morgan fingerprint density at radius 1 is 1.33 bits per heavy atom. The summed E-state index contributed by atoms with van der Waals surface area (Å²) in [6, 6.07) is 9.75. The summed E-state index contributed by atoms with van der Waals surface area (Å²) < 4.78 is 0. The number of hydrogen-bond donors (Lipinski definition) is 1. The summed E-state index contributed by atoms with van der Waals surface area (Å²) >= 11 is 0. The van der Waals surface area contributed by atoms with Crippen LogP contribution >= 0.6 is 0 Å². The zero-order chi connectivity index (χ0) is 10.7. The molecule has 0 aliphatic carbocycles. The summed E-state index contributed by atoms with van der Waals surface area (Å²) in [4.78, 5) is 18.6. The van der Waals surface area contributed by atoms with Crippen LogP contribution in [0.15, 0.2) is 36.5 Å². The molecule has 0 saturated carbocycles. The number of rotatable bonds is 3. The lowest BCUT2D eigenvalue weighted by Gasteiger charge is -1.94. The van der Waals surface area contributed by atoms with E-state index in [1.165, 1.54) is 0 Å². The number of carbonyl (C=O) groups is 1. The number of aromatic nitrogens is 2. The Labute approximate surface area is 88.2 Å². The Morgan fingerprint density at radius 2 is 2.07 bits per heavy atom. The van der Waals surface area contributed by atoms with Crippen LogP contribution in [-0.2, 0) is 0 Å².